The summed E-state index contributed by atoms with van der Waals surface area (Å²) in [4.78, 5) is 15.7. The summed E-state index contributed by atoms with van der Waals surface area (Å²) < 4.78 is 12.7. The molecule has 3 nitrogen and oxygen atoms in total. The number of hydrogen-bond donors (Lipinski definition) is 1. The second-order valence-corrected chi connectivity index (χ2v) is 4.43. The minimum atomic E-state index is -0.274. The van der Waals surface area contributed by atoms with Crippen LogP contribution >= 0.6 is 11.6 Å². The number of hydrogen-bond acceptors (Lipinski definition) is 2. The lowest BCUT2D eigenvalue weighted by molar-refractivity contribution is 0.0949. The first-order chi connectivity index (χ1) is 9.15. The van der Waals surface area contributed by atoms with Crippen molar-refractivity contribution in [1.29, 1.82) is 0 Å². The largest absolute Gasteiger partial charge is 0.350 e. The number of nitrogens with zero attached hydrogens (tertiary/aromatic N) is 1. The normalized spacial score (nSPS) is 10.2. The second-order valence-electron chi connectivity index (χ2n) is 3.99. The van der Waals surface area contributed by atoms with Gasteiger partial charge >= 0.3 is 0 Å². The van der Waals surface area contributed by atoms with Crippen LogP contribution in [0.15, 0.2) is 42.6 Å². The molecule has 5 heteroatoms. The molecule has 1 aromatic carbocycles. The van der Waals surface area contributed by atoms with Gasteiger partial charge in [-0.2, -0.15) is 0 Å². The van der Waals surface area contributed by atoms with Gasteiger partial charge in [0.15, 0.2) is 0 Å². The van der Waals surface area contributed by atoms with E-state index in [4.69, 9.17) is 11.6 Å². The highest BCUT2D eigenvalue weighted by Crippen LogP contribution is 2.08. The molecule has 0 unspecified atom stereocenters. The topological polar surface area (TPSA) is 42.0 Å². The number of benzene rings is 1. The first-order valence-corrected chi connectivity index (χ1v) is 6.17. The predicted octanol–water partition coefficient (Wildman–Crippen LogP) is 2.85. The minimum absolute atomic E-state index is 0.268. The SMILES string of the molecule is O=C(NCCc1ccc(F)cc1)c1cc(Cl)ccn1. The number of aromatic nitrogens is 1. The van der Waals surface area contributed by atoms with Crippen molar-refractivity contribution in [3.63, 3.8) is 0 Å². The van der Waals surface area contributed by atoms with E-state index in [-0.39, 0.29) is 17.4 Å². The van der Waals surface area contributed by atoms with Gasteiger partial charge in [0, 0.05) is 17.8 Å². The maximum absolute atomic E-state index is 12.7. The van der Waals surface area contributed by atoms with Gasteiger partial charge in [0.05, 0.1) is 0 Å². The molecule has 19 heavy (non-hydrogen) atoms. The summed E-state index contributed by atoms with van der Waals surface area (Å²) in [7, 11) is 0. The Kier molecular flexibility index (Phi) is 4.47. The molecule has 1 N–H and O–H groups in total. The summed E-state index contributed by atoms with van der Waals surface area (Å²) in [5.74, 6) is -0.541. The fourth-order valence-corrected chi connectivity index (χ4v) is 1.75. The van der Waals surface area contributed by atoms with Gasteiger partial charge in [-0.25, -0.2) is 4.39 Å². The van der Waals surface area contributed by atoms with Crippen molar-refractivity contribution in [1.82, 2.24) is 10.3 Å². The van der Waals surface area contributed by atoms with E-state index < -0.39 is 0 Å². The van der Waals surface area contributed by atoms with E-state index in [1.165, 1.54) is 24.4 Å². The summed E-state index contributed by atoms with van der Waals surface area (Å²) >= 11 is 5.78. The van der Waals surface area contributed by atoms with E-state index >= 15 is 0 Å². The van der Waals surface area contributed by atoms with Crippen molar-refractivity contribution in [3.8, 4) is 0 Å². The van der Waals surface area contributed by atoms with Gasteiger partial charge < -0.3 is 5.32 Å². The van der Waals surface area contributed by atoms with Crippen molar-refractivity contribution in [2.45, 2.75) is 6.42 Å². The van der Waals surface area contributed by atoms with Gasteiger partial charge in [-0.1, -0.05) is 23.7 Å². The number of carbonyl (C=O) groups excluding carboxylic acids is 1. The standard InChI is InChI=1S/C14H12ClFN2O/c15-11-6-8-17-13(9-11)14(19)18-7-5-10-1-3-12(16)4-2-10/h1-4,6,8-9H,5,7H2,(H,18,19). The van der Waals surface area contributed by atoms with Crippen LogP contribution in [-0.2, 0) is 6.42 Å². The summed E-state index contributed by atoms with van der Waals surface area (Å²) in [6, 6.07) is 9.30. The monoisotopic (exact) mass is 278 g/mol. The van der Waals surface area contributed by atoms with Gasteiger partial charge in [-0.3, -0.25) is 9.78 Å². The molecule has 0 saturated carbocycles. The molecule has 1 amide bonds. The molecule has 1 heterocycles. The fourth-order valence-electron chi connectivity index (χ4n) is 1.59. The third kappa shape index (κ3) is 4.03. The second kappa shape index (κ2) is 6.29. The summed E-state index contributed by atoms with van der Waals surface area (Å²) in [5.41, 5.74) is 1.24. The molecule has 0 fully saturated rings. The molecule has 98 valence electrons. The highest BCUT2D eigenvalue weighted by molar-refractivity contribution is 6.30. The van der Waals surface area contributed by atoms with Gasteiger partial charge in [-0.15, -0.1) is 0 Å². The maximum Gasteiger partial charge on any atom is 0.269 e. The van der Waals surface area contributed by atoms with Crippen LogP contribution in [0.2, 0.25) is 5.02 Å². The lowest BCUT2D eigenvalue weighted by Crippen LogP contribution is -2.26. The Morgan fingerprint density at radius 3 is 2.68 bits per heavy atom. The molecule has 0 aliphatic carbocycles. The Morgan fingerprint density at radius 2 is 2.00 bits per heavy atom. The molecular formula is C14H12ClFN2O. The average molecular weight is 279 g/mol. The molecule has 0 saturated heterocycles. The predicted molar refractivity (Wildman–Crippen MR) is 71.7 cm³/mol. The molecule has 2 aromatic rings. The van der Waals surface area contributed by atoms with Gasteiger partial charge in [0.25, 0.3) is 5.91 Å². The quantitative estimate of drug-likeness (QED) is 0.934. The number of nitrogens with one attached hydrogen (secondary N) is 1. The highest BCUT2D eigenvalue weighted by Gasteiger charge is 2.06. The van der Waals surface area contributed by atoms with E-state index in [9.17, 15) is 9.18 Å². The average Bonchev–Trinajstić information content (AvgIpc) is 2.41. The molecule has 0 aliphatic rings. The van der Waals surface area contributed by atoms with Crippen molar-refractivity contribution in [2.75, 3.05) is 6.54 Å². The molecule has 2 rings (SSSR count). The zero-order chi connectivity index (χ0) is 13.7. The lowest BCUT2D eigenvalue weighted by atomic mass is 10.1. The summed E-state index contributed by atoms with van der Waals surface area (Å²) in [6.45, 7) is 0.457. The minimum Gasteiger partial charge on any atom is -0.350 e. The Labute approximate surface area is 115 Å². The molecule has 0 spiro atoms. The molecule has 0 aliphatic heterocycles. The van der Waals surface area contributed by atoms with Crippen LogP contribution in [0.25, 0.3) is 0 Å². The van der Waals surface area contributed by atoms with Crippen LogP contribution in [0.4, 0.5) is 4.39 Å². The van der Waals surface area contributed by atoms with Crippen molar-refractivity contribution in [2.24, 2.45) is 0 Å². The van der Waals surface area contributed by atoms with E-state index in [2.05, 4.69) is 10.3 Å². The van der Waals surface area contributed by atoms with E-state index in [0.717, 1.165) is 5.56 Å². The van der Waals surface area contributed by atoms with Crippen LogP contribution in [0.1, 0.15) is 16.1 Å². The zero-order valence-corrected chi connectivity index (χ0v) is 10.8. The van der Waals surface area contributed by atoms with E-state index in [0.29, 0.717) is 18.0 Å². The van der Waals surface area contributed by atoms with Crippen LogP contribution in [0, 0.1) is 5.82 Å². The molecule has 0 bridgehead atoms. The van der Waals surface area contributed by atoms with E-state index in [1.54, 1.807) is 18.2 Å². The summed E-state index contributed by atoms with van der Waals surface area (Å²) in [5, 5.41) is 3.21. The molecule has 0 radical (unpaired) electrons. The third-order valence-corrected chi connectivity index (χ3v) is 2.80. The first-order valence-electron chi connectivity index (χ1n) is 5.79. The van der Waals surface area contributed by atoms with Crippen LogP contribution < -0.4 is 5.32 Å². The van der Waals surface area contributed by atoms with Gasteiger partial charge in [0.2, 0.25) is 0 Å². The molecule has 1 aromatic heterocycles. The number of rotatable bonds is 4. The smallest absolute Gasteiger partial charge is 0.269 e. The van der Waals surface area contributed by atoms with Gasteiger partial charge in [0.1, 0.15) is 11.5 Å². The van der Waals surface area contributed by atoms with Crippen LogP contribution in [0.3, 0.4) is 0 Å². The van der Waals surface area contributed by atoms with Crippen LogP contribution in [-0.4, -0.2) is 17.4 Å². The fraction of sp³-hybridized carbons (Fsp3) is 0.143. The third-order valence-electron chi connectivity index (χ3n) is 2.57. The number of carbonyl (C=O) groups is 1. The number of halogens is 2. The number of amides is 1. The van der Waals surface area contributed by atoms with Crippen LogP contribution in [0.5, 0.6) is 0 Å². The Bertz CT molecular complexity index is 572. The van der Waals surface area contributed by atoms with E-state index in [1.807, 2.05) is 0 Å². The Morgan fingerprint density at radius 1 is 1.26 bits per heavy atom. The maximum atomic E-state index is 12.7. The van der Waals surface area contributed by atoms with Crippen molar-refractivity contribution in [3.05, 3.63) is 64.7 Å². The molecule has 0 atom stereocenters. The molecular weight excluding hydrogens is 267 g/mol. The first kappa shape index (κ1) is 13.5. The lowest BCUT2D eigenvalue weighted by Gasteiger charge is -2.05. The van der Waals surface area contributed by atoms with Crippen molar-refractivity contribution < 1.29 is 9.18 Å². The highest BCUT2D eigenvalue weighted by atomic mass is 35.5. The Balaban J connectivity index is 1.86. The van der Waals surface area contributed by atoms with Crippen molar-refractivity contribution >= 4 is 17.5 Å². The zero-order valence-electron chi connectivity index (χ0n) is 10.1. The summed E-state index contributed by atoms with van der Waals surface area (Å²) in [6.07, 6.45) is 2.11. The Hall–Kier alpha value is -1.94. The van der Waals surface area contributed by atoms with Gasteiger partial charge in [-0.05, 0) is 36.2 Å². The number of pyridine rings is 1.